The van der Waals surface area contributed by atoms with Crippen LogP contribution in [0.4, 0.5) is 0 Å². The Balaban J connectivity index is 2.02. The summed E-state index contributed by atoms with van der Waals surface area (Å²) in [6, 6.07) is 2.74. The average Bonchev–Trinajstić information content (AvgIpc) is 2.87. The summed E-state index contributed by atoms with van der Waals surface area (Å²) < 4.78 is 2.06. The van der Waals surface area contributed by atoms with Gasteiger partial charge in [0, 0.05) is 16.7 Å². The number of hydrogen-bond donors (Lipinski definition) is 2. The van der Waals surface area contributed by atoms with Crippen LogP contribution in [0.3, 0.4) is 0 Å². The van der Waals surface area contributed by atoms with E-state index in [1.54, 1.807) is 19.2 Å². The van der Waals surface area contributed by atoms with Gasteiger partial charge in [-0.3, -0.25) is 14.7 Å². The Kier molecular flexibility index (Phi) is 4.10. The molecule has 0 aromatic carbocycles. The fourth-order valence-electron chi connectivity index (χ4n) is 1.56. The van der Waals surface area contributed by atoms with Crippen molar-refractivity contribution in [1.29, 1.82) is 0 Å². The molecular formula is C11H12BrN5O2. The smallest absolute Gasteiger partial charge is 0.251 e. The number of nitrogens with one attached hydrogen (secondary N) is 2. The standard InChI is InChI=1S/C11H12BrN5O2/c1-7(11-13-6-14-16-11)15-9(18)5-17-4-8(12)2-3-10(17)19/h2-4,6-7H,5H2,1H3,(H,15,18)(H,13,14,16). The Hall–Kier alpha value is -1.96. The summed E-state index contributed by atoms with van der Waals surface area (Å²) in [7, 11) is 0. The van der Waals surface area contributed by atoms with Crippen LogP contribution in [0.15, 0.2) is 33.9 Å². The number of halogens is 1. The molecule has 1 unspecified atom stereocenters. The number of rotatable bonds is 4. The number of aromatic nitrogens is 4. The zero-order valence-electron chi connectivity index (χ0n) is 10.1. The quantitative estimate of drug-likeness (QED) is 0.861. The molecular weight excluding hydrogens is 314 g/mol. The highest BCUT2D eigenvalue weighted by Crippen LogP contribution is 2.06. The summed E-state index contributed by atoms with van der Waals surface area (Å²) in [6.45, 7) is 1.73. The Bertz CT molecular complexity index is 622. The zero-order valence-corrected chi connectivity index (χ0v) is 11.7. The van der Waals surface area contributed by atoms with Crippen molar-refractivity contribution in [2.45, 2.75) is 19.5 Å². The molecule has 0 radical (unpaired) electrons. The van der Waals surface area contributed by atoms with Gasteiger partial charge in [-0.25, -0.2) is 4.98 Å². The van der Waals surface area contributed by atoms with Crippen molar-refractivity contribution in [1.82, 2.24) is 25.1 Å². The minimum Gasteiger partial charge on any atom is -0.345 e. The Labute approximate surface area is 117 Å². The van der Waals surface area contributed by atoms with E-state index >= 15 is 0 Å². The van der Waals surface area contributed by atoms with Crippen LogP contribution in [-0.4, -0.2) is 25.7 Å². The van der Waals surface area contributed by atoms with Crippen LogP contribution in [0, 0.1) is 0 Å². The number of hydrogen-bond acceptors (Lipinski definition) is 4. The number of carbonyl (C=O) groups is 1. The Morgan fingerprint density at radius 3 is 3.05 bits per heavy atom. The van der Waals surface area contributed by atoms with Crippen LogP contribution in [-0.2, 0) is 11.3 Å². The molecule has 0 fully saturated rings. The molecule has 8 heteroatoms. The van der Waals surface area contributed by atoms with Crippen LogP contribution in [0.5, 0.6) is 0 Å². The van der Waals surface area contributed by atoms with Crippen LogP contribution in [0.25, 0.3) is 0 Å². The highest BCUT2D eigenvalue weighted by molar-refractivity contribution is 9.10. The summed E-state index contributed by atoms with van der Waals surface area (Å²) in [5.41, 5.74) is -0.231. The molecule has 7 nitrogen and oxygen atoms in total. The van der Waals surface area contributed by atoms with Gasteiger partial charge in [0.1, 0.15) is 18.7 Å². The molecule has 100 valence electrons. The van der Waals surface area contributed by atoms with Crippen molar-refractivity contribution in [3.8, 4) is 0 Å². The number of nitrogens with zero attached hydrogens (tertiary/aromatic N) is 3. The molecule has 19 heavy (non-hydrogen) atoms. The zero-order chi connectivity index (χ0) is 13.8. The van der Waals surface area contributed by atoms with Gasteiger partial charge in [-0.15, -0.1) is 0 Å². The summed E-state index contributed by atoms with van der Waals surface area (Å²) in [5, 5.41) is 9.12. The third-order valence-electron chi connectivity index (χ3n) is 2.48. The lowest BCUT2D eigenvalue weighted by Gasteiger charge is -2.12. The molecule has 0 bridgehead atoms. The topological polar surface area (TPSA) is 92.7 Å². The van der Waals surface area contributed by atoms with Gasteiger partial charge < -0.3 is 9.88 Å². The highest BCUT2D eigenvalue weighted by Gasteiger charge is 2.12. The van der Waals surface area contributed by atoms with E-state index in [-0.39, 0.29) is 24.1 Å². The van der Waals surface area contributed by atoms with Gasteiger partial charge in [0.05, 0.1) is 6.04 Å². The Morgan fingerprint density at radius 2 is 2.37 bits per heavy atom. The summed E-state index contributed by atoms with van der Waals surface area (Å²) in [4.78, 5) is 27.3. The van der Waals surface area contributed by atoms with Crippen molar-refractivity contribution in [3.63, 3.8) is 0 Å². The van der Waals surface area contributed by atoms with Crippen LogP contribution >= 0.6 is 15.9 Å². The van der Waals surface area contributed by atoms with Gasteiger partial charge in [0.2, 0.25) is 5.91 Å². The summed E-state index contributed by atoms with van der Waals surface area (Å²) in [5.74, 6) is 0.291. The first-order chi connectivity index (χ1) is 9.06. The number of aromatic amines is 1. The molecule has 2 N–H and O–H groups in total. The predicted molar refractivity (Wildman–Crippen MR) is 71.3 cm³/mol. The van der Waals surface area contributed by atoms with Crippen LogP contribution in [0.2, 0.25) is 0 Å². The number of pyridine rings is 1. The molecule has 0 saturated carbocycles. The lowest BCUT2D eigenvalue weighted by Crippen LogP contribution is -2.33. The number of carbonyl (C=O) groups excluding carboxylic acids is 1. The van der Waals surface area contributed by atoms with E-state index in [0.29, 0.717) is 5.82 Å². The van der Waals surface area contributed by atoms with Gasteiger partial charge >= 0.3 is 0 Å². The van der Waals surface area contributed by atoms with E-state index in [4.69, 9.17) is 0 Å². The van der Waals surface area contributed by atoms with Crippen molar-refractivity contribution in [2.75, 3.05) is 0 Å². The first-order valence-electron chi connectivity index (χ1n) is 5.57. The molecule has 1 atom stereocenters. The monoisotopic (exact) mass is 325 g/mol. The first-order valence-corrected chi connectivity index (χ1v) is 6.36. The van der Waals surface area contributed by atoms with Crippen molar-refractivity contribution < 1.29 is 4.79 Å². The lowest BCUT2D eigenvalue weighted by molar-refractivity contribution is -0.122. The van der Waals surface area contributed by atoms with E-state index in [2.05, 4.69) is 36.4 Å². The second kappa shape index (κ2) is 5.79. The fraction of sp³-hybridized carbons (Fsp3) is 0.273. The maximum Gasteiger partial charge on any atom is 0.251 e. The van der Waals surface area contributed by atoms with E-state index in [1.807, 2.05) is 0 Å². The SMILES string of the molecule is CC(NC(=O)Cn1cc(Br)ccc1=O)c1ncn[nH]1. The molecule has 2 rings (SSSR count). The average molecular weight is 326 g/mol. The van der Waals surface area contributed by atoms with Crippen LogP contribution < -0.4 is 10.9 Å². The van der Waals surface area contributed by atoms with Crippen LogP contribution in [0.1, 0.15) is 18.8 Å². The maximum atomic E-state index is 11.8. The largest absolute Gasteiger partial charge is 0.345 e. The number of H-pyrrole nitrogens is 1. The third kappa shape index (κ3) is 3.50. The Morgan fingerprint density at radius 1 is 1.58 bits per heavy atom. The lowest BCUT2D eigenvalue weighted by atomic mass is 10.3. The fourth-order valence-corrected chi connectivity index (χ4v) is 1.94. The van der Waals surface area contributed by atoms with Gasteiger partial charge in [0.15, 0.2) is 0 Å². The molecule has 2 heterocycles. The normalized spacial score (nSPS) is 12.1. The minimum atomic E-state index is -0.294. The molecule has 0 spiro atoms. The molecule has 0 aliphatic rings. The minimum absolute atomic E-state index is 0.0449. The van der Waals surface area contributed by atoms with Crippen molar-refractivity contribution >= 4 is 21.8 Å². The molecule has 1 amide bonds. The molecule has 0 aliphatic heterocycles. The van der Waals surface area contributed by atoms with E-state index < -0.39 is 0 Å². The van der Waals surface area contributed by atoms with Gasteiger partial charge in [0.25, 0.3) is 5.56 Å². The van der Waals surface area contributed by atoms with E-state index in [9.17, 15) is 9.59 Å². The number of amides is 1. The highest BCUT2D eigenvalue weighted by atomic mass is 79.9. The van der Waals surface area contributed by atoms with E-state index in [0.717, 1.165) is 4.47 Å². The summed E-state index contributed by atoms with van der Waals surface area (Å²) in [6.07, 6.45) is 2.94. The third-order valence-corrected chi connectivity index (χ3v) is 2.95. The molecule has 0 saturated heterocycles. The van der Waals surface area contributed by atoms with Gasteiger partial charge in [-0.2, -0.15) is 5.10 Å². The van der Waals surface area contributed by atoms with Crippen molar-refractivity contribution in [2.24, 2.45) is 0 Å². The second-order valence-electron chi connectivity index (χ2n) is 3.97. The second-order valence-corrected chi connectivity index (χ2v) is 4.89. The summed E-state index contributed by atoms with van der Waals surface area (Å²) >= 11 is 3.25. The maximum absolute atomic E-state index is 11.8. The molecule has 2 aromatic heterocycles. The molecule has 2 aromatic rings. The van der Waals surface area contributed by atoms with Crippen molar-refractivity contribution in [3.05, 3.63) is 45.3 Å². The molecule has 0 aliphatic carbocycles. The van der Waals surface area contributed by atoms with Gasteiger partial charge in [-0.05, 0) is 28.9 Å². The first kappa shape index (κ1) is 13.5. The predicted octanol–water partition coefficient (Wildman–Crippen LogP) is 0.606. The van der Waals surface area contributed by atoms with E-state index in [1.165, 1.54) is 17.0 Å². The van der Waals surface area contributed by atoms with Gasteiger partial charge in [-0.1, -0.05) is 0 Å².